The van der Waals surface area contributed by atoms with E-state index in [0.29, 0.717) is 12.1 Å². The van der Waals surface area contributed by atoms with Gasteiger partial charge in [0, 0.05) is 17.3 Å². The number of nitriles is 1. The van der Waals surface area contributed by atoms with E-state index < -0.39 is 5.97 Å². The number of aliphatic carboxylic acids is 1. The average molecular weight is 305 g/mol. The number of pyridine rings is 1. The zero-order chi connectivity index (χ0) is 16.4. The first-order valence-corrected chi connectivity index (χ1v) is 7.24. The zero-order valence-corrected chi connectivity index (χ0v) is 12.7. The average Bonchev–Trinajstić information content (AvgIpc) is 2.81. The van der Waals surface area contributed by atoms with Gasteiger partial charge in [-0.05, 0) is 36.2 Å². The molecule has 0 saturated heterocycles. The van der Waals surface area contributed by atoms with Crippen LogP contribution in [0.4, 0.5) is 0 Å². The van der Waals surface area contributed by atoms with Crippen molar-refractivity contribution in [1.29, 1.82) is 5.26 Å². The summed E-state index contributed by atoms with van der Waals surface area (Å²) in [5, 5.41) is 19.3. The van der Waals surface area contributed by atoms with Gasteiger partial charge in [0.15, 0.2) is 0 Å². The van der Waals surface area contributed by atoms with Crippen LogP contribution in [0.5, 0.6) is 0 Å². The number of nitrogens with zero attached hydrogens (tertiary/aromatic N) is 3. The molecule has 0 fully saturated rings. The maximum Gasteiger partial charge on any atom is 0.307 e. The maximum absolute atomic E-state index is 11.2. The lowest BCUT2D eigenvalue weighted by Gasteiger charge is -2.09. The number of carbonyl (C=O) groups is 1. The molecule has 5 heteroatoms. The normalized spacial score (nSPS) is 10.6. The molecular formula is C18H15N3O2. The third kappa shape index (κ3) is 2.67. The van der Waals surface area contributed by atoms with Crippen LogP contribution < -0.4 is 0 Å². The molecule has 3 rings (SSSR count). The van der Waals surface area contributed by atoms with Crippen molar-refractivity contribution in [3.8, 4) is 6.07 Å². The van der Waals surface area contributed by atoms with Crippen molar-refractivity contribution in [2.45, 2.75) is 19.9 Å². The Kier molecular flexibility index (Phi) is 3.82. The van der Waals surface area contributed by atoms with E-state index in [-0.39, 0.29) is 6.42 Å². The molecule has 1 aromatic carbocycles. The molecule has 0 bridgehead atoms. The quantitative estimate of drug-likeness (QED) is 0.804. The van der Waals surface area contributed by atoms with E-state index in [4.69, 9.17) is 5.11 Å². The van der Waals surface area contributed by atoms with Crippen LogP contribution in [0, 0.1) is 18.3 Å². The second-order valence-corrected chi connectivity index (χ2v) is 5.36. The first kappa shape index (κ1) is 14.8. The summed E-state index contributed by atoms with van der Waals surface area (Å²) >= 11 is 0. The van der Waals surface area contributed by atoms with Gasteiger partial charge in [0.05, 0.1) is 24.6 Å². The molecule has 5 nitrogen and oxygen atoms in total. The molecule has 0 atom stereocenters. The molecule has 114 valence electrons. The highest BCUT2D eigenvalue weighted by Crippen LogP contribution is 2.26. The van der Waals surface area contributed by atoms with Gasteiger partial charge in [-0.2, -0.15) is 5.26 Å². The Morgan fingerprint density at radius 1 is 1.30 bits per heavy atom. The van der Waals surface area contributed by atoms with Crippen LogP contribution in [0.1, 0.15) is 22.4 Å². The van der Waals surface area contributed by atoms with Crippen molar-refractivity contribution >= 4 is 17.0 Å². The van der Waals surface area contributed by atoms with E-state index in [9.17, 15) is 10.1 Å². The largest absolute Gasteiger partial charge is 0.481 e. The van der Waals surface area contributed by atoms with Crippen molar-refractivity contribution in [2.75, 3.05) is 0 Å². The highest BCUT2D eigenvalue weighted by Gasteiger charge is 2.17. The second-order valence-electron chi connectivity index (χ2n) is 5.36. The van der Waals surface area contributed by atoms with Crippen LogP contribution in [0.25, 0.3) is 11.0 Å². The van der Waals surface area contributed by atoms with Gasteiger partial charge in [0.2, 0.25) is 0 Å². The van der Waals surface area contributed by atoms with Gasteiger partial charge in [0.25, 0.3) is 0 Å². The number of carboxylic acid groups (broad SMARTS) is 1. The molecule has 0 unspecified atom stereocenters. The lowest BCUT2D eigenvalue weighted by molar-refractivity contribution is -0.136. The third-order valence-corrected chi connectivity index (χ3v) is 4.00. The minimum absolute atomic E-state index is 0.0408. The highest BCUT2D eigenvalue weighted by molar-refractivity contribution is 5.86. The van der Waals surface area contributed by atoms with E-state index in [2.05, 4.69) is 11.1 Å². The molecule has 1 N–H and O–H groups in total. The van der Waals surface area contributed by atoms with Gasteiger partial charge in [-0.1, -0.05) is 18.2 Å². The van der Waals surface area contributed by atoms with Gasteiger partial charge < -0.3 is 9.67 Å². The SMILES string of the molecule is Cc1c(CC(=O)O)c2cccnc2n1Cc1ccccc1C#N. The molecule has 0 aliphatic rings. The van der Waals surface area contributed by atoms with Crippen molar-refractivity contribution in [1.82, 2.24) is 9.55 Å². The van der Waals surface area contributed by atoms with Crippen LogP contribution >= 0.6 is 0 Å². The molecule has 0 spiro atoms. The number of hydrogen-bond donors (Lipinski definition) is 1. The fourth-order valence-corrected chi connectivity index (χ4v) is 2.87. The van der Waals surface area contributed by atoms with Crippen molar-refractivity contribution < 1.29 is 9.90 Å². The summed E-state index contributed by atoms with van der Waals surface area (Å²) in [5.74, 6) is -0.867. The zero-order valence-electron chi connectivity index (χ0n) is 12.7. The Hall–Kier alpha value is -3.13. The van der Waals surface area contributed by atoms with Crippen LogP contribution in [0.15, 0.2) is 42.6 Å². The minimum atomic E-state index is -0.867. The van der Waals surface area contributed by atoms with E-state index in [0.717, 1.165) is 27.9 Å². The summed E-state index contributed by atoms with van der Waals surface area (Å²) in [4.78, 5) is 15.6. The predicted molar refractivity (Wildman–Crippen MR) is 86.1 cm³/mol. The lowest BCUT2D eigenvalue weighted by atomic mass is 10.1. The van der Waals surface area contributed by atoms with Crippen molar-refractivity contribution in [3.05, 3.63) is 65.0 Å². The van der Waals surface area contributed by atoms with Gasteiger partial charge in [0.1, 0.15) is 5.65 Å². The van der Waals surface area contributed by atoms with Crippen LogP contribution in [0.2, 0.25) is 0 Å². The molecule has 0 amide bonds. The first-order valence-electron chi connectivity index (χ1n) is 7.24. The Bertz CT molecular complexity index is 935. The Balaban J connectivity index is 2.16. The summed E-state index contributed by atoms with van der Waals surface area (Å²) in [6.45, 7) is 2.39. The first-order chi connectivity index (χ1) is 11.1. The van der Waals surface area contributed by atoms with E-state index in [1.807, 2.05) is 35.8 Å². The van der Waals surface area contributed by atoms with Gasteiger partial charge in [-0.15, -0.1) is 0 Å². The van der Waals surface area contributed by atoms with Crippen LogP contribution in [0.3, 0.4) is 0 Å². The van der Waals surface area contributed by atoms with Crippen LogP contribution in [-0.4, -0.2) is 20.6 Å². The standard InChI is InChI=1S/C18H15N3O2/c1-12-16(9-17(22)23)15-7-4-8-20-18(15)21(12)11-14-6-3-2-5-13(14)10-19/h2-8H,9,11H2,1H3,(H,22,23). The molecule has 0 aliphatic heterocycles. The smallest absolute Gasteiger partial charge is 0.307 e. The van der Waals surface area contributed by atoms with Crippen LogP contribution in [-0.2, 0) is 17.8 Å². The summed E-state index contributed by atoms with van der Waals surface area (Å²) in [6, 6.07) is 13.3. The molecule has 0 saturated carbocycles. The molecule has 0 radical (unpaired) electrons. The summed E-state index contributed by atoms with van der Waals surface area (Å²) < 4.78 is 1.98. The number of fused-ring (bicyclic) bond motifs is 1. The predicted octanol–water partition coefficient (Wildman–Crippen LogP) is 2.89. The highest BCUT2D eigenvalue weighted by atomic mass is 16.4. The number of benzene rings is 1. The molecule has 0 aliphatic carbocycles. The molecule has 3 aromatic rings. The minimum Gasteiger partial charge on any atom is -0.481 e. The fourth-order valence-electron chi connectivity index (χ4n) is 2.87. The van der Waals surface area contributed by atoms with E-state index >= 15 is 0 Å². The number of aromatic nitrogens is 2. The Morgan fingerprint density at radius 3 is 2.83 bits per heavy atom. The summed E-state index contributed by atoms with van der Waals surface area (Å²) in [6.07, 6.45) is 1.65. The van der Waals surface area contributed by atoms with Gasteiger partial charge in [-0.3, -0.25) is 4.79 Å². The van der Waals surface area contributed by atoms with Crippen molar-refractivity contribution in [3.63, 3.8) is 0 Å². The second kappa shape index (κ2) is 5.93. The Labute approximate surface area is 133 Å². The maximum atomic E-state index is 11.2. The van der Waals surface area contributed by atoms with Gasteiger partial charge >= 0.3 is 5.97 Å². The topological polar surface area (TPSA) is 78.9 Å². The summed E-state index contributed by atoms with van der Waals surface area (Å²) in [7, 11) is 0. The van der Waals surface area contributed by atoms with E-state index in [1.165, 1.54) is 0 Å². The molecule has 2 aromatic heterocycles. The fraction of sp³-hybridized carbons (Fsp3) is 0.167. The summed E-state index contributed by atoms with van der Waals surface area (Å²) in [5.41, 5.74) is 3.89. The number of rotatable bonds is 4. The van der Waals surface area contributed by atoms with E-state index in [1.54, 1.807) is 18.3 Å². The lowest BCUT2D eigenvalue weighted by Crippen LogP contribution is -2.06. The Morgan fingerprint density at radius 2 is 2.09 bits per heavy atom. The molecule has 2 heterocycles. The number of carboxylic acids is 1. The number of hydrogen-bond acceptors (Lipinski definition) is 3. The van der Waals surface area contributed by atoms with Gasteiger partial charge in [-0.25, -0.2) is 4.98 Å². The van der Waals surface area contributed by atoms with Crippen molar-refractivity contribution in [2.24, 2.45) is 0 Å². The molecule has 23 heavy (non-hydrogen) atoms. The molecular weight excluding hydrogens is 290 g/mol. The third-order valence-electron chi connectivity index (χ3n) is 4.00. The monoisotopic (exact) mass is 305 g/mol.